The number of thiazole rings is 1. The zero-order valence-electron chi connectivity index (χ0n) is 18.8. The maximum Gasteiger partial charge on any atom is 0.271 e. The van der Waals surface area contributed by atoms with E-state index < -0.39 is 0 Å². The molecular weight excluding hydrogens is 527 g/mol. The molecule has 2 aliphatic rings. The minimum Gasteiger partial charge on any atom is -0.497 e. The van der Waals surface area contributed by atoms with Crippen LogP contribution < -0.4 is 19.6 Å². The van der Waals surface area contributed by atoms with Crippen molar-refractivity contribution in [3.05, 3.63) is 125 Å². The van der Waals surface area contributed by atoms with Crippen molar-refractivity contribution in [2.75, 3.05) is 7.11 Å². The highest BCUT2D eigenvalue weighted by molar-refractivity contribution is 9.10. The third-order valence-corrected chi connectivity index (χ3v) is 8.25. The summed E-state index contributed by atoms with van der Waals surface area (Å²) in [5.41, 5.74) is 6.00. The van der Waals surface area contributed by atoms with Gasteiger partial charge in [-0.05, 0) is 71.5 Å². The number of aromatic nitrogens is 1. The van der Waals surface area contributed by atoms with E-state index >= 15 is 0 Å². The highest BCUT2D eigenvalue weighted by Gasteiger charge is 2.32. The molecule has 2 heterocycles. The monoisotopic (exact) mass is 546 g/mol. The maximum absolute atomic E-state index is 13.8. The van der Waals surface area contributed by atoms with Gasteiger partial charge in [0.2, 0.25) is 0 Å². The SMILES string of the molecule is COc1ccc(Br)c(/C=c2/sc3n(c2=O)[C@H](c2ccc(F)cc2)C2=C(N=3)c3ccccc3CC2)c1. The fourth-order valence-corrected chi connectivity index (χ4v) is 6.22. The molecule has 0 saturated carbocycles. The number of nitrogens with zero attached hydrogens (tertiary/aromatic N) is 2. The molecule has 1 atom stereocenters. The van der Waals surface area contributed by atoms with E-state index in [9.17, 15) is 9.18 Å². The highest BCUT2D eigenvalue weighted by atomic mass is 79.9. The van der Waals surface area contributed by atoms with Crippen LogP contribution in [0.25, 0.3) is 11.8 Å². The fourth-order valence-electron chi connectivity index (χ4n) is 4.87. The first-order valence-electron chi connectivity index (χ1n) is 11.3. The second-order valence-electron chi connectivity index (χ2n) is 8.55. The molecule has 0 unspecified atom stereocenters. The normalized spacial score (nSPS) is 16.9. The zero-order valence-corrected chi connectivity index (χ0v) is 21.2. The summed E-state index contributed by atoms with van der Waals surface area (Å²) in [6.45, 7) is 0. The number of hydrogen-bond donors (Lipinski definition) is 0. The van der Waals surface area contributed by atoms with Gasteiger partial charge in [-0.1, -0.05) is 63.7 Å². The van der Waals surface area contributed by atoms with E-state index in [1.165, 1.54) is 29.0 Å². The molecule has 6 rings (SSSR count). The molecule has 0 radical (unpaired) electrons. The largest absolute Gasteiger partial charge is 0.497 e. The molecule has 0 amide bonds. The average molecular weight is 547 g/mol. The van der Waals surface area contributed by atoms with Crippen LogP contribution in [0.1, 0.15) is 34.7 Å². The molecule has 35 heavy (non-hydrogen) atoms. The Morgan fingerprint density at radius 3 is 2.71 bits per heavy atom. The Bertz CT molecular complexity index is 1690. The minimum absolute atomic E-state index is 0.108. The smallest absolute Gasteiger partial charge is 0.271 e. The molecule has 0 fully saturated rings. The van der Waals surface area contributed by atoms with E-state index in [0.29, 0.717) is 15.1 Å². The van der Waals surface area contributed by atoms with Crippen molar-refractivity contribution < 1.29 is 9.13 Å². The number of halogens is 2. The third kappa shape index (κ3) is 3.79. The second kappa shape index (κ2) is 8.73. The summed E-state index contributed by atoms with van der Waals surface area (Å²) in [5, 5.41) is 0. The van der Waals surface area contributed by atoms with E-state index in [4.69, 9.17) is 9.73 Å². The molecule has 174 valence electrons. The Morgan fingerprint density at radius 2 is 1.91 bits per heavy atom. The summed E-state index contributed by atoms with van der Waals surface area (Å²) in [6, 6.07) is 20.1. The molecule has 4 aromatic rings. The molecule has 0 N–H and O–H groups in total. The summed E-state index contributed by atoms with van der Waals surface area (Å²) < 4.78 is 22.4. The van der Waals surface area contributed by atoms with Crippen LogP contribution in [0.4, 0.5) is 4.39 Å². The van der Waals surface area contributed by atoms with Gasteiger partial charge in [0.1, 0.15) is 11.6 Å². The first-order valence-corrected chi connectivity index (χ1v) is 12.9. The lowest BCUT2D eigenvalue weighted by Gasteiger charge is -2.30. The van der Waals surface area contributed by atoms with Crippen LogP contribution in [0.5, 0.6) is 5.75 Å². The number of methoxy groups -OCH3 is 1. The molecule has 1 aliphatic heterocycles. The van der Waals surface area contributed by atoms with E-state index in [0.717, 1.165) is 45.3 Å². The van der Waals surface area contributed by atoms with Gasteiger partial charge in [0.15, 0.2) is 4.80 Å². The molecule has 3 aromatic carbocycles. The molecule has 1 aliphatic carbocycles. The Kier molecular flexibility index (Phi) is 5.54. The fraction of sp³-hybridized carbons (Fsp3) is 0.143. The Balaban J connectivity index is 1.62. The lowest BCUT2D eigenvalue weighted by Crippen LogP contribution is -2.38. The van der Waals surface area contributed by atoms with E-state index in [-0.39, 0.29) is 17.4 Å². The van der Waals surface area contributed by atoms with Crippen molar-refractivity contribution >= 4 is 39.0 Å². The standard InChI is InChI=1S/C28H20BrFN2O2S/c1-34-20-11-13-23(29)18(14-20)15-24-27(33)32-26(17-6-9-19(30)10-7-17)22-12-8-16-4-2-3-5-21(16)25(22)31-28(32)35-24/h2-7,9-11,13-15,26H,8,12H2,1H3/b24-15+/t26-/m1/s1. The maximum atomic E-state index is 13.8. The Morgan fingerprint density at radius 1 is 1.11 bits per heavy atom. The van der Waals surface area contributed by atoms with Crippen molar-refractivity contribution in [1.29, 1.82) is 0 Å². The first kappa shape index (κ1) is 22.2. The van der Waals surface area contributed by atoms with Gasteiger partial charge in [0.25, 0.3) is 5.56 Å². The Hall–Kier alpha value is -3.29. The third-order valence-electron chi connectivity index (χ3n) is 6.55. The topological polar surface area (TPSA) is 43.6 Å². The summed E-state index contributed by atoms with van der Waals surface area (Å²) in [5.74, 6) is 0.413. The van der Waals surface area contributed by atoms with Crippen LogP contribution in [-0.4, -0.2) is 11.7 Å². The second-order valence-corrected chi connectivity index (χ2v) is 10.4. The molecule has 0 spiro atoms. The number of benzene rings is 3. The van der Waals surface area contributed by atoms with E-state index in [1.54, 1.807) is 23.8 Å². The molecular formula is C28H20BrFN2O2S. The van der Waals surface area contributed by atoms with Crippen molar-refractivity contribution in [3.8, 4) is 5.75 Å². The van der Waals surface area contributed by atoms with Gasteiger partial charge in [-0.15, -0.1) is 0 Å². The van der Waals surface area contributed by atoms with Crippen molar-refractivity contribution in [2.45, 2.75) is 18.9 Å². The van der Waals surface area contributed by atoms with Gasteiger partial charge in [0, 0.05) is 10.0 Å². The van der Waals surface area contributed by atoms with Crippen molar-refractivity contribution in [2.24, 2.45) is 4.99 Å². The highest BCUT2D eigenvalue weighted by Crippen LogP contribution is 2.41. The predicted molar refractivity (Wildman–Crippen MR) is 140 cm³/mol. The molecule has 1 aromatic heterocycles. The summed E-state index contributed by atoms with van der Waals surface area (Å²) in [4.78, 5) is 19.4. The minimum atomic E-state index is -0.328. The number of rotatable bonds is 3. The summed E-state index contributed by atoms with van der Waals surface area (Å²) in [7, 11) is 1.62. The van der Waals surface area contributed by atoms with Crippen molar-refractivity contribution in [3.63, 3.8) is 0 Å². The molecule has 7 heteroatoms. The number of hydrogen-bond acceptors (Lipinski definition) is 4. The van der Waals surface area contributed by atoms with Crippen LogP contribution in [-0.2, 0) is 6.42 Å². The molecule has 0 saturated heterocycles. The van der Waals surface area contributed by atoms with Gasteiger partial charge < -0.3 is 4.74 Å². The quantitative estimate of drug-likeness (QED) is 0.353. The number of allylic oxidation sites excluding steroid dienone is 1. The van der Waals surface area contributed by atoms with Crippen LogP contribution in [0.2, 0.25) is 0 Å². The lowest BCUT2D eigenvalue weighted by atomic mass is 9.83. The number of aryl methyl sites for hydroxylation is 1. The van der Waals surface area contributed by atoms with Crippen LogP contribution in [0.3, 0.4) is 0 Å². The van der Waals surface area contributed by atoms with Crippen molar-refractivity contribution in [1.82, 2.24) is 4.57 Å². The lowest BCUT2D eigenvalue weighted by molar-refractivity contribution is 0.414. The van der Waals surface area contributed by atoms with E-state index in [2.05, 4.69) is 28.1 Å². The van der Waals surface area contributed by atoms with Gasteiger partial charge in [-0.3, -0.25) is 9.36 Å². The summed E-state index contributed by atoms with van der Waals surface area (Å²) >= 11 is 4.95. The van der Waals surface area contributed by atoms with Gasteiger partial charge in [-0.25, -0.2) is 9.38 Å². The number of ether oxygens (including phenoxy) is 1. The van der Waals surface area contributed by atoms with Crippen LogP contribution in [0, 0.1) is 5.82 Å². The van der Waals surface area contributed by atoms with Gasteiger partial charge in [-0.2, -0.15) is 0 Å². The van der Waals surface area contributed by atoms with Gasteiger partial charge in [0.05, 0.1) is 23.4 Å². The number of fused-ring (bicyclic) bond motifs is 3. The predicted octanol–water partition coefficient (Wildman–Crippen LogP) is 5.23. The molecule has 4 nitrogen and oxygen atoms in total. The van der Waals surface area contributed by atoms with Crippen LogP contribution >= 0.6 is 27.3 Å². The Labute approximate surface area is 213 Å². The zero-order chi connectivity index (χ0) is 24.1. The first-order chi connectivity index (χ1) is 17.0. The molecule has 0 bridgehead atoms. The summed E-state index contributed by atoms with van der Waals surface area (Å²) in [6.07, 6.45) is 3.54. The van der Waals surface area contributed by atoms with Crippen LogP contribution in [0.15, 0.2) is 86.6 Å². The van der Waals surface area contributed by atoms with Gasteiger partial charge >= 0.3 is 0 Å². The average Bonchev–Trinajstić information content (AvgIpc) is 3.19. The van der Waals surface area contributed by atoms with E-state index in [1.807, 2.05) is 36.4 Å².